The Morgan fingerprint density at radius 2 is 1.79 bits per heavy atom. The number of methoxy groups -OCH3 is 1. The van der Waals surface area contributed by atoms with Crippen LogP contribution in [0.15, 0.2) is 66.7 Å². The summed E-state index contributed by atoms with van der Waals surface area (Å²) >= 11 is 0. The number of hydrogen-bond acceptors (Lipinski definition) is 4. The average Bonchev–Trinajstić information content (AvgIpc) is 3.19. The molecule has 4 rings (SSSR count). The van der Waals surface area contributed by atoms with Crippen molar-refractivity contribution in [3.8, 4) is 11.5 Å². The Morgan fingerprint density at radius 3 is 2.61 bits per heavy atom. The lowest BCUT2D eigenvalue weighted by molar-refractivity contribution is 0.0946. The van der Waals surface area contributed by atoms with Crippen LogP contribution in [0.5, 0.6) is 11.5 Å². The summed E-state index contributed by atoms with van der Waals surface area (Å²) in [5, 5.41) is 2.99. The highest BCUT2D eigenvalue weighted by molar-refractivity contribution is 5.96. The monoisotopic (exact) mass is 443 g/mol. The van der Waals surface area contributed by atoms with Gasteiger partial charge in [-0.1, -0.05) is 30.3 Å². The number of ether oxygens (including phenoxy) is 2. The third kappa shape index (κ3) is 5.17. The van der Waals surface area contributed by atoms with Crippen LogP contribution in [0.1, 0.15) is 33.7 Å². The van der Waals surface area contributed by atoms with E-state index in [1.54, 1.807) is 19.2 Å². The number of amides is 1. The maximum Gasteiger partial charge on any atom is 0.255 e. The topological polar surface area (TPSA) is 65.4 Å². The van der Waals surface area contributed by atoms with E-state index in [-0.39, 0.29) is 5.91 Å². The highest BCUT2D eigenvalue weighted by atomic mass is 16.5. The number of carbonyl (C=O) groups excluding carboxylic acids is 1. The van der Waals surface area contributed by atoms with Crippen LogP contribution in [0, 0.1) is 13.8 Å². The van der Waals surface area contributed by atoms with Gasteiger partial charge in [-0.15, -0.1) is 0 Å². The molecule has 0 bridgehead atoms. The van der Waals surface area contributed by atoms with Gasteiger partial charge in [0.2, 0.25) is 0 Å². The summed E-state index contributed by atoms with van der Waals surface area (Å²) in [5.74, 6) is 2.06. The van der Waals surface area contributed by atoms with E-state index in [0.29, 0.717) is 24.5 Å². The third-order valence-corrected chi connectivity index (χ3v) is 5.77. The predicted molar refractivity (Wildman–Crippen MR) is 130 cm³/mol. The van der Waals surface area contributed by atoms with E-state index >= 15 is 0 Å². The van der Waals surface area contributed by atoms with Gasteiger partial charge in [-0.25, -0.2) is 4.98 Å². The van der Waals surface area contributed by atoms with Crippen molar-refractivity contribution in [1.82, 2.24) is 14.9 Å². The standard InChI is InChI=1S/C27H29N3O3/c1-19-13-14-21(17-20(19)2)33-16-8-15-30-24-11-6-5-10-23(24)29-26(30)18-28-27(31)22-9-4-7-12-25(22)32-3/h4-7,9-14,17H,8,15-16,18H2,1-3H3,(H,28,31). The second-order valence-electron chi connectivity index (χ2n) is 8.00. The Balaban J connectivity index is 1.44. The first-order valence-electron chi connectivity index (χ1n) is 11.1. The molecule has 0 fully saturated rings. The van der Waals surface area contributed by atoms with Crippen LogP contribution in [0.4, 0.5) is 0 Å². The van der Waals surface area contributed by atoms with Gasteiger partial charge in [0.05, 0.1) is 36.9 Å². The molecule has 1 amide bonds. The number of benzene rings is 3. The van der Waals surface area contributed by atoms with E-state index in [9.17, 15) is 4.79 Å². The summed E-state index contributed by atoms with van der Waals surface area (Å²) in [6, 6.07) is 21.4. The fourth-order valence-electron chi connectivity index (χ4n) is 3.81. The van der Waals surface area contributed by atoms with Gasteiger partial charge in [-0.2, -0.15) is 0 Å². The quantitative estimate of drug-likeness (QED) is 0.367. The molecule has 0 aliphatic rings. The first-order chi connectivity index (χ1) is 16.1. The minimum absolute atomic E-state index is 0.191. The number of rotatable bonds is 9. The lowest BCUT2D eigenvalue weighted by Crippen LogP contribution is -2.25. The maximum atomic E-state index is 12.7. The number of aryl methyl sites for hydroxylation is 3. The zero-order chi connectivity index (χ0) is 23.2. The summed E-state index contributed by atoms with van der Waals surface area (Å²) in [6.45, 7) is 5.85. The van der Waals surface area contributed by atoms with Gasteiger partial charge < -0.3 is 19.4 Å². The molecule has 1 N–H and O–H groups in total. The van der Waals surface area contributed by atoms with E-state index < -0.39 is 0 Å². The molecule has 4 aromatic rings. The molecule has 0 saturated heterocycles. The van der Waals surface area contributed by atoms with Crippen molar-refractivity contribution in [2.24, 2.45) is 0 Å². The first-order valence-corrected chi connectivity index (χ1v) is 11.1. The average molecular weight is 444 g/mol. The Hall–Kier alpha value is -3.80. The van der Waals surface area contributed by atoms with E-state index in [2.05, 4.69) is 41.9 Å². The van der Waals surface area contributed by atoms with Gasteiger partial charge >= 0.3 is 0 Å². The number of imidazole rings is 1. The van der Waals surface area contributed by atoms with Gasteiger partial charge in [-0.3, -0.25) is 4.79 Å². The SMILES string of the molecule is COc1ccccc1C(=O)NCc1nc2ccccc2n1CCCOc1ccc(C)c(C)c1. The van der Waals surface area contributed by atoms with Crippen LogP contribution < -0.4 is 14.8 Å². The Kier molecular flexibility index (Phi) is 6.93. The van der Waals surface area contributed by atoms with Crippen molar-refractivity contribution < 1.29 is 14.3 Å². The molecule has 0 aliphatic carbocycles. The summed E-state index contributed by atoms with van der Waals surface area (Å²) in [4.78, 5) is 17.5. The predicted octanol–water partition coefficient (Wildman–Crippen LogP) is 5.06. The van der Waals surface area contributed by atoms with Gasteiger partial charge in [0.15, 0.2) is 0 Å². The molecule has 6 heteroatoms. The number of fused-ring (bicyclic) bond motifs is 1. The molecule has 170 valence electrons. The fourth-order valence-corrected chi connectivity index (χ4v) is 3.81. The summed E-state index contributed by atoms with van der Waals surface area (Å²) in [7, 11) is 1.56. The zero-order valence-corrected chi connectivity index (χ0v) is 19.3. The molecule has 6 nitrogen and oxygen atoms in total. The lowest BCUT2D eigenvalue weighted by atomic mass is 10.1. The second-order valence-corrected chi connectivity index (χ2v) is 8.00. The van der Waals surface area contributed by atoms with E-state index in [4.69, 9.17) is 14.5 Å². The molecule has 0 unspecified atom stereocenters. The fraction of sp³-hybridized carbons (Fsp3) is 0.259. The molecular weight excluding hydrogens is 414 g/mol. The minimum atomic E-state index is -0.191. The Bertz CT molecular complexity index is 1260. The van der Waals surface area contributed by atoms with Crippen LogP contribution >= 0.6 is 0 Å². The van der Waals surface area contributed by atoms with Crippen LogP contribution in [0.2, 0.25) is 0 Å². The zero-order valence-electron chi connectivity index (χ0n) is 19.3. The van der Waals surface area contributed by atoms with Gasteiger partial charge in [-0.05, 0) is 67.8 Å². The first kappa shape index (κ1) is 22.4. The summed E-state index contributed by atoms with van der Waals surface area (Å²) in [6.07, 6.45) is 0.820. The smallest absolute Gasteiger partial charge is 0.255 e. The van der Waals surface area contributed by atoms with Gasteiger partial charge in [0.25, 0.3) is 5.91 Å². The molecule has 0 atom stereocenters. The summed E-state index contributed by atoms with van der Waals surface area (Å²) in [5.41, 5.74) is 4.94. The number of carbonyl (C=O) groups is 1. The molecule has 1 heterocycles. The van der Waals surface area contributed by atoms with Crippen molar-refractivity contribution in [3.05, 3.63) is 89.2 Å². The Labute approximate surface area is 194 Å². The third-order valence-electron chi connectivity index (χ3n) is 5.77. The number of nitrogens with zero attached hydrogens (tertiary/aromatic N) is 2. The van der Waals surface area contributed by atoms with Gasteiger partial charge in [0, 0.05) is 6.54 Å². The molecular formula is C27H29N3O3. The molecule has 3 aromatic carbocycles. The number of para-hydroxylation sites is 3. The van der Waals surface area contributed by atoms with E-state index in [1.807, 2.05) is 36.4 Å². The van der Waals surface area contributed by atoms with Crippen LogP contribution in [0.3, 0.4) is 0 Å². The van der Waals surface area contributed by atoms with Crippen molar-refractivity contribution >= 4 is 16.9 Å². The minimum Gasteiger partial charge on any atom is -0.496 e. The molecule has 33 heavy (non-hydrogen) atoms. The Morgan fingerprint density at radius 1 is 1.00 bits per heavy atom. The molecule has 1 aromatic heterocycles. The van der Waals surface area contributed by atoms with Crippen LogP contribution in [-0.2, 0) is 13.1 Å². The van der Waals surface area contributed by atoms with E-state index in [0.717, 1.165) is 35.6 Å². The van der Waals surface area contributed by atoms with Crippen molar-refractivity contribution in [1.29, 1.82) is 0 Å². The summed E-state index contributed by atoms with van der Waals surface area (Å²) < 4.78 is 13.4. The number of aromatic nitrogens is 2. The maximum absolute atomic E-state index is 12.7. The van der Waals surface area contributed by atoms with Crippen molar-refractivity contribution in [3.63, 3.8) is 0 Å². The highest BCUT2D eigenvalue weighted by Gasteiger charge is 2.14. The number of nitrogens with one attached hydrogen (secondary N) is 1. The van der Waals surface area contributed by atoms with Crippen molar-refractivity contribution in [2.75, 3.05) is 13.7 Å². The van der Waals surface area contributed by atoms with Gasteiger partial charge in [0.1, 0.15) is 17.3 Å². The molecule has 0 spiro atoms. The lowest BCUT2D eigenvalue weighted by Gasteiger charge is -2.12. The second kappa shape index (κ2) is 10.2. The molecule has 0 saturated carbocycles. The van der Waals surface area contributed by atoms with Crippen LogP contribution in [-0.4, -0.2) is 29.2 Å². The largest absolute Gasteiger partial charge is 0.496 e. The highest BCUT2D eigenvalue weighted by Crippen LogP contribution is 2.20. The van der Waals surface area contributed by atoms with Crippen LogP contribution in [0.25, 0.3) is 11.0 Å². The molecule has 0 radical (unpaired) electrons. The number of hydrogen-bond donors (Lipinski definition) is 1. The molecule has 0 aliphatic heterocycles. The normalized spacial score (nSPS) is 10.9. The van der Waals surface area contributed by atoms with E-state index in [1.165, 1.54) is 11.1 Å². The van der Waals surface area contributed by atoms with Crippen molar-refractivity contribution in [2.45, 2.75) is 33.4 Å².